The molecule has 0 aliphatic rings. The van der Waals surface area contributed by atoms with Crippen LogP contribution in [-0.4, -0.2) is 46.4 Å². The van der Waals surface area contributed by atoms with Gasteiger partial charge in [0.2, 0.25) is 11.8 Å². The normalized spacial score (nSPS) is 12.6. The number of rotatable bonds is 9. The third-order valence-electron chi connectivity index (χ3n) is 5.59. The van der Waals surface area contributed by atoms with Crippen LogP contribution in [-0.2, 0) is 19.1 Å². The summed E-state index contributed by atoms with van der Waals surface area (Å²) in [6.45, 7) is 10.2. The molecule has 0 aliphatic heterocycles. The summed E-state index contributed by atoms with van der Waals surface area (Å²) in [6, 6.07) is 8.65. The number of carbonyl (C=O) groups is 4. The van der Waals surface area contributed by atoms with E-state index in [1.807, 2.05) is 0 Å². The van der Waals surface area contributed by atoms with E-state index >= 15 is 0 Å². The van der Waals surface area contributed by atoms with Gasteiger partial charge in [0, 0.05) is 11.6 Å². The molecule has 0 aromatic heterocycles. The van der Waals surface area contributed by atoms with E-state index in [4.69, 9.17) is 28.5 Å². The lowest BCUT2D eigenvalue weighted by atomic mass is 9.99. The number of alkyl carbamates (subject to hydrolysis) is 1. The maximum Gasteiger partial charge on any atom is 0.408 e. The highest BCUT2D eigenvalue weighted by atomic mass is 35.5. The van der Waals surface area contributed by atoms with Crippen molar-refractivity contribution in [3.63, 3.8) is 0 Å². The Hall–Kier alpha value is -4.03. The number of hydrogen-bond donors (Lipinski definition) is 3. The summed E-state index contributed by atoms with van der Waals surface area (Å²) in [5.41, 5.74) is 6.71. The lowest BCUT2D eigenvalue weighted by Crippen LogP contribution is -2.55. The Labute approximate surface area is 234 Å². The monoisotopic (exact) mass is 554 g/mol. The number of primary amides is 1. The molecule has 2 aromatic rings. The second-order valence-corrected chi connectivity index (χ2v) is 10.7. The van der Waals surface area contributed by atoms with Gasteiger partial charge in [0.15, 0.2) is 0 Å². The molecule has 0 fully saturated rings. The van der Waals surface area contributed by atoms with Crippen LogP contribution in [0.4, 0.5) is 10.5 Å². The molecule has 2 unspecified atom stereocenters. The smallest absolute Gasteiger partial charge is 0.408 e. The molecule has 39 heavy (non-hydrogen) atoms. The summed E-state index contributed by atoms with van der Waals surface area (Å²) in [4.78, 5) is 53.5. The zero-order valence-electron chi connectivity index (χ0n) is 23.0. The van der Waals surface area contributed by atoms with Gasteiger partial charge in [-0.25, -0.2) is 4.79 Å². The number of nitrogens with one attached hydrogen (secondary N) is 2. The number of anilines is 1. The Morgan fingerprint density at radius 2 is 1.72 bits per heavy atom. The van der Waals surface area contributed by atoms with Crippen molar-refractivity contribution >= 4 is 41.1 Å². The van der Waals surface area contributed by atoms with E-state index in [-0.39, 0.29) is 0 Å². The van der Waals surface area contributed by atoms with E-state index in [1.165, 1.54) is 4.90 Å². The van der Waals surface area contributed by atoms with Crippen LogP contribution >= 0.6 is 11.6 Å². The number of benzene rings is 2. The van der Waals surface area contributed by atoms with Gasteiger partial charge in [-0.3, -0.25) is 14.4 Å². The zero-order chi connectivity index (χ0) is 29.5. The van der Waals surface area contributed by atoms with E-state index < -0.39 is 54.0 Å². The minimum Gasteiger partial charge on any atom is -0.444 e. The van der Waals surface area contributed by atoms with Crippen LogP contribution < -0.4 is 16.4 Å². The van der Waals surface area contributed by atoms with Gasteiger partial charge in [0.05, 0.1) is 17.1 Å². The molecule has 0 radical (unpaired) electrons. The van der Waals surface area contributed by atoms with E-state index in [2.05, 4.69) is 16.6 Å². The highest BCUT2D eigenvalue weighted by Crippen LogP contribution is 2.30. The molecule has 0 saturated carbocycles. The summed E-state index contributed by atoms with van der Waals surface area (Å²) in [6.07, 6.45) is 4.09. The van der Waals surface area contributed by atoms with Crippen LogP contribution in [0.3, 0.4) is 0 Å². The van der Waals surface area contributed by atoms with Gasteiger partial charge in [-0.1, -0.05) is 41.8 Å². The Morgan fingerprint density at radius 1 is 1.10 bits per heavy atom. The zero-order valence-corrected chi connectivity index (χ0v) is 23.8. The number of nitrogens with two attached hydrogens (primary N) is 1. The molecule has 0 saturated heterocycles. The van der Waals surface area contributed by atoms with Crippen LogP contribution in [0.2, 0.25) is 5.02 Å². The van der Waals surface area contributed by atoms with Gasteiger partial charge in [0.1, 0.15) is 17.7 Å². The van der Waals surface area contributed by atoms with Crippen molar-refractivity contribution in [1.82, 2.24) is 10.2 Å². The molecule has 4 amide bonds. The van der Waals surface area contributed by atoms with Crippen molar-refractivity contribution in [2.75, 3.05) is 5.32 Å². The number of ether oxygens (including phenoxy) is 1. The fourth-order valence-electron chi connectivity index (χ4n) is 3.89. The van der Waals surface area contributed by atoms with E-state index in [1.54, 1.807) is 84.0 Å². The van der Waals surface area contributed by atoms with E-state index in [9.17, 15) is 19.2 Å². The Bertz CT molecular complexity index is 1240. The second-order valence-electron chi connectivity index (χ2n) is 10.3. The highest BCUT2D eigenvalue weighted by molar-refractivity contribution is 6.34. The molecule has 208 valence electrons. The van der Waals surface area contributed by atoms with Crippen LogP contribution in [0.25, 0.3) is 0 Å². The quantitative estimate of drug-likeness (QED) is 0.397. The first-order valence-electron chi connectivity index (χ1n) is 12.4. The minimum atomic E-state index is -1.39. The first-order chi connectivity index (χ1) is 18.1. The minimum absolute atomic E-state index is 0.324. The van der Waals surface area contributed by atoms with Crippen molar-refractivity contribution < 1.29 is 23.9 Å². The number of halogens is 1. The highest BCUT2D eigenvalue weighted by Gasteiger charge is 2.38. The Kier molecular flexibility index (Phi) is 10.5. The predicted molar refractivity (Wildman–Crippen MR) is 151 cm³/mol. The van der Waals surface area contributed by atoms with Crippen LogP contribution in [0.15, 0.2) is 42.5 Å². The number of carbonyl (C=O) groups excluding carboxylic acids is 4. The lowest BCUT2D eigenvalue weighted by Gasteiger charge is -2.37. The number of aryl methyl sites for hydroxylation is 1. The molecule has 4 N–H and O–H groups in total. The largest absolute Gasteiger partial charge is 0.444 e. The molecule has 2 atom stereocenters. The van der Waals surface area contributed by atoms with Crippen LogP contribution in [0.1, 0.15) is 63.8 Å². The maximum atomic E-state index is 14.0. The summed E-state index contributed by atoms with van der Waals surface area (Å²) >= 11 is 6.36. The van der Waals surface area contributed by atoms with Crippen molar-refractivity contribution in [2.24, 2.45) is 5.73 Å². The SMILES string of the molecule is C#Cc1ccc(C(C(=O)Nc2c(C)cccc2Cl)N(C(=O)C(CC(N)=O)NC(=O)OC(C)(C)C)C(C)C)cc1. The van der Waals surface area contributed by atoms with Crippen molar-refractivity contribution in [2.45, 2.75) is 71.7 Å². The van der Waals surface area contributed by atoms with Gasteiger partial charge in [-0.15, -0.1) is 6.42 Å². The molecule has 0 bridgehead atoms. The topological polar surface area (TPSA) is 131 Å². The molecular weight excluding hydrogens is 520 g/mol. The van der Waals surface area contributed by atoms with Gasteiger partial charge >= 0.3 is 6.09 Å². The van der Waals surface area contributed by atoms with Gasteiger partial charge in [0.25, 0.3) is 5.91 Å². The molecule has 0 spiro atoms. The average molecular weight is 555 g/mol. The first kappa shape index (κ1) is 31.2. The fraction of sp³-hybridized carbons (Fsp3) is 0.379. The maximum absolute atomic E-state index is 14.0. The first-order valence-corrected chi connectivity index (χ1v) is 12.7. The molecule has 2 aromatic carbocycles. The molecule has 2 rings (SSSR count). The number of terminal acetylenes is 1. The second kappa shape index (κ2) is 13.2. The van der Waals surface area contributed by atoms with E-state index in [0.717, 1.165) is 5.56 Å². The molecule has 9 nitrogen and oxygen atoms in total. The Balaban J connectivity index is 2.59. The lowest BCUT2D eigenvalue weighted by molar-refractivity contribution is -0.143. The fourth-order valence-corrected chi connectivity index (χ4v) is 4.16. The standard InChI is InChI=1S/C29H35ClN4O5/c1-8-19-12-14-20(15-13-19)25(26(36)33-24-18(4)10-9-11-21(24)30)34(17(2)3)27(37)22(16-23(31)35)32-28(38)39-29(5,6)7/h1,9-15,17,22,25H,16H2,2-7H3,(H2,31,35)(H,32,38)(H,33,36). The molecule has 10 heteroatoms. The van der Waals surface area contributed by atoms with Crippen molar-refractivity contribution in [3.8, 4) is 12.3 Å². The van der Waals surface area contributed by atoms with Crippen molar-refractivity contribution in [1.29, 1.82) is 0 Å². The number of hydrogen-bond acceptors (Lipinski definition) is 5. The Morgan fingerprint density at radius 3 is 2.21 bits per heavy atom. The number of amides is 4. The summed E-state index contributed by atoms with van der Waals surface area (Å²) in [5, 5.41) is 5.60. The summed E-state index contributed by atoms with van der Waals surface area (Å²) in [7, 11) is 0. The van der Waals surface area contributed by atoms with Crippen molar-refractivity contribution in [3.05, 3.63) is 64.2 Å². The predicted octanol–water partition coefficient (Wildman–Crippen LogP) is 4.32. The molecular formula is C29H35ClN4O5. The molecule has 0 heterocycles. The number of para-hydroxylation sites is 1. The van der Waals surface area contributed by atoms with Gasteiger partial charge in [-0.2, -0.15) is 0 Å². The third kappa shape index (κ3) is 8.76. The van der Waals surface area contributed by atoms with Gasteiger partial charge in [-0.05, 0) is 70.9 Å². The van der Waals surface area contributed by atoms with Crippen LogP contribution in [0, 0.1) is 19.3 Å². The third-order valence-corrected chi connectivity index (χ3v) is 5.91. The summed E-state index contributed by atoms with van der Waals surface area (Å²) < 4.78 is 5.28. The van der Waals surface area contributed by atoms with Crippen LogP contribution in [0.5, 0.6) is 0 Å². The molecule has 0 aliphatic carbocycles. The summed E-state index contributed by atoms with van der Waals surface area (Å²) in [5.74, 6) is 0.440. The number of nitrogens with zero attached hydrogens (tertiary/aromatic N) is 1. The van der Waals surface area contributed by atoms with E-state index in [0.29, 0.717) is 21.8 Å². The van der Waals surface area contributed by atoms with Gasteiger partial charge < -0.3 is 26.0 Å². The average Bonchev–Trinajstić information content (AvgIpc) is 2.82.